The highest BCUT2D eigenvalue weighted by Crippen LogP contribution is 2.40. The van der Waals surface area contributed by atoms with Crippen LogP contribution in [0.25, 0.3) is 5.76 Å². The van der Waals surface area contributed by atoms with Gasteiger partial charge in [0.25, 0.3) is 11.7 Å². The summed E-state index contributed by atoms with van der Waals surface area (Å²) in [6.07, 6.45) is 0.702. The lowest BCUT2D eigenvalue weighted by Gasteiger charge is -2.29. The van der Waals surface area contributed by atoms with Crippen LogP contribution in [0.5, 0.6) is 0 Å². The second-order valence-electron chi connectivity index (χ2n) is 8.16. The van der Waals surface area contributed by atoms with Crippen LogP contribution >= 0.6 is 11.6 Å². The number of amides is 1. The molecule has 0 aliphatic carbocycles. The third-order valence-corrected chi connectivity index (χ3v) is 6.28. The molecule has 0 bridgehead atoms. The summed E-state index contributed by atoms with van der Waals surface area (Å²) in [5.74, 6) is -1.52. The summed E-state index contributed by atoms with van der Waals surface area (Å²) in [7, 11) is 0. The van der Waals surface area contributed by atoms with Gasteiger partial charge in [-0.15, -0.1) is 0 Å². The van der Waals surface area contributed by atoms with Crippen molar-refractivity contribution in [1.29, 1.82) is 0 Å². The molecule has 2 fully saturated rings. The summed E-state index contributed by atoms with van der Waals surface area (Å²) in [5.41, 5.74) is 2.38. The number of nitrogens with one attached hydrogen (secondary N) is 1. The van der Waals surface area contributed by atoms with Crippen molar-refractivity contribution in [3.8, 4) is 0 Å². The number of aromatic amines is 1. The zero-order chi connectivity index (χ0) is 22.8. The molecule has 2 aromatic rings. The van der Waals surface area contributed by atoms with E-state index in [1.807, 2.05) is 6.07 Å². The number of hydrogen-bond donors (Lipinski definition) is 2. The van der Waals surface area contributed by atoms with E-state index < -0.39 is 17.7 Å². The predicted molar refractivity (Wildman–Crippen MR) is 120 cm³/mol. The predicted octanol–water partition coefficient (Wildman–Crippen LogP) is 2.82. The fourth-order valence-electron chi connectivity index (χ4n) is 4.46. The van der Waals surface area contributed by atoms with Gasteiger partial charge in [-0.2, -0.15) is 5.10 Å². The van der Waals surface area contributed by atoms with Gasteiger partial charge in [0.15, 0.2) is 0 Å². The molecule has 2 aliphatic rings. The number of H-pyrrole nitrogens is 1. The fourth-order valence-corrected chi connectivity index (χ4v) is 4.66. The molecule has 2 saturated heterocycles. The van der Waals surface area contributed by atoms with Gasteiger partial charge in [-0.05, 0) is 38.0 Å². The molecule has 1 aromatic heterocycles. The van der Waals surface area contributed by atoms with Gasteiger partial charge < -0.3 is 14.7 Å². The number of rotatable bonds is 6. The van der Waals surface area contributed by atoms with Crippen molar-refractivity contribution in [3.63, 3.8) is 0 Å². The summed E-state index contributed by atoms with van der Waals surface area (Å²) in [4.78, 5) is 30.0. The molecule has 32 heavy (non-hydrogen) atoms. The van der Waals surface area contributed by atoms with Gasteiger partial charge in [0, 0.05) is 36.9 Å². The summed E-state index contributed by atoms with van der Waals surface area (Å²) in [6.45, 7) is 7.82. The van der Waals surface area contributed by atoms with Gasteiger partial charge in [-0.25, -0.2) is 0 Å². The second-order valence-corrected chi connectivity index (χ2v) is 8.60. The molecule has 1 atom stereocenters. The molecule has 0 unspecified atom stereocenters. The van der Waals surface area contributed by atoms with Gasteiger partial charge in [-0.3, -0.25) is 19.6 Å². The summed E-state index contributed by atoms with van der Waals surface area (Å²) in [6, 6.07) is 6.35. The Balaban J connectivity index is 1.70. The van der Waals surface area contributed by atoms with Crippen LogP contribution in [0.3, 0.4) is 0 Å². The number of aliphatic hydroxyl groups excluding tert-OH is 1. The molecule has 0 radical (unpaired) electrons. The van der Waals surface area contributed by atoms with Crippen molar-refractivity contribution >= 4 is 29.1 Å². The van der Waals surface area contributed by atoms with Crippen LogP contribution in [0.2, 0.25) is 5.02 Å². The Morgan fingerprint density at radius 2 is 2.00 bits per heavy atom. The Morgan fingerprint density at radius 3 is 2.66 bits per heavy atom. The molecule has 9 heteroatoms. The van der Waals surface area contributed by atoms with Gasteiger partial charge >= 0.3 is 0 Å². The minimum atomic E-state index is -0.716. The molecule has 0 saturated carbocycles. The highest BCUT2D eigenvalue weighted by atomic mass is 35.5. The standard InChI is InChI=1S/C23H27ClN4O4/c1-14-18(15(2)26-25-14)21(29)19-20(16-5-3-6-17(24)13-16)28(23(31)22(19)30)8-4-7-27-9-11-32-12-10-27/h3,5-6,13,20,29H,4,7-12H2,1-2H3,(H,25,26)/t20-/m1/s1. The summed E-state index contributed by atoms with van der Waals surface area (Å²) >= 11 is 6.23. The molecule has 170 valence electrons. The average Bonchev–Trinajstić information content (AvgIpc) is 3.24. The van der Waals surface area contributed by atoms with Gasteiger partial charge in [0.2, 0.25) is 0 Å². The van der Waals surface area contributed by atoms with E-state index in [1.54, 1.807) is 36.9 Å². The Hall–Kier alpha value is -2.68. The van der Waals surface area contributed by atoms with E-state index in [9.17, 15) is 14.7 Å². The van der Waals surface area contributed by atoms with Crippen molar-refractivity contribution < 1.29 is 19.4 Å². The number of aliphatic hydroxyl groups is 1. The molecule has 8 nitrogen and oxygen atoms in total. The van der Waals surface area contributed by atoms with E-state index in [-0.39, 0.29) is 11.3 Å². The van der Waals surface area contributed by atoms with Crippen LogP contribution in [0.15, 0.2) is 29.8 Å². The quantitative estimate of drug-likeness (QED) is 0.392. The lowest BCUT2D eigenvalue weighted by atomic mass is 9.94. The van der Waals surface area contributed by atoms with Gasteiger partial charge in [-0.1, -0.05) is 23.7 Å². The van der Waals surface area contributed by atoms with Gasteiger partial charge in [0.1, 0.15) is 5.76 Å². The number of morpholine rings is 1. The monoisotopic (exact) mass is 458 g/mol. The smallest absolute Gasteiger partial charge is 0.295 e. The number of ether oxygens (including phenoxy) is 1. The highest BCUT2D eigenvalue weighted by molar-refractivity contribution is 6.46. The minimum absolute atomic E-state index is 0.0660. The Labute approximate surface area is 191 Å². The zero-order valence-electron chi connectivity index (χ0n) is 18.2. The molecule has 2 aliphatic heterocycles. The Kier molecular flexibility index (Phi) is 6.64. The number of halogens is 1. The van der Waals surface area contributed by atoms with Crippen molar-refractivity contribution in [2.75, 3.05) is 39.4 Å². The first kappa shape index (κ1) is 22.5. The SMILES string of the molecule is Cc1n[nH]c(C)c1C(O)=C1C(=O)C(=O)N(CCCN2CCOCC2)[C@@H]1c1cccc(Cl)c1. The number of aryl methyl sites for hydroxylation is 2. The Bertz CT molecular complexity index is 1040. The van der Waals surface area contributed by atoms with E-state index in [1.165, 1.54) is 0 Å². The van der Waals surface area contributed by atoms with E-state index >= 15 is 0 Å². The van der Waals surface area contributed by atoms with Crippen LogP contribution in [0.1, 0.15) is 35.0 Å². The molecular formula is C23H27ClN4O4. The Morgan fingerprint density at radius 1 is 1.25 bits per heavy atom. The highest BCUT2D eigenvalue weighted by Gasteiger charge is 2.46. The fraction of sp³-hybridized carbons (Fsp3) is 0.435. The number of carbonyl (C=O) groups excluding carboxylic acids is 2. The first-order valence-corrected chi connectivity index (χ1v) is 11.1. The lowest BCUT2D eigenvalue weighted by Crippen LogP contribution is -2.38. The minimum Gasteiger partial charge on any atom is -0.507 e. The second kappa shape index (κ2) is 9.44. The normalized spacial score (nSPS) is 21.5. The maximum absolute atomic E-state index is 13.1. The molecule has 4 rings (SSSR count). The number of nitrogens with zero attached hydrogens (tertiary/aromatic N) is 3. The number of ketones is 1. The summed E-state index contributed by atoms with van der Waals surface area (Å²) < 4.78 is 5.39. The third kappa shape index (κ3) is 4.30. The van der Waals surface area contributed by atoms with Crippen LogP contribution < -0.4 is 0 Å². The number of hydrogen-bond acceptors (Lipinski definition) is 6. The molecule has 0 spiro atoms. The molecule has 2 N–H and O–H groups in total. The van der Waals surface area contributed by atoms with Crippen molar-refractivity contribution in [3.05, 3.63) is 57.4 Å². The maximum atomic E-state index is 13.1. The number of carbonyl (C=O) groups is 2. The number of Topliss-reactive ketones (excluding diaryl/α,β-unsaturated/α-hetero) is 1. The zero-order valence-corrected chi connectivity index (χ0v) is 19.0. The molecule has 1 amide bonds. The van der Waals surface area contributed by atoms with Crippen molar-refractivity contribution in [2.24, 2.45) is 0 Å². The number of likely N-dealkylation sites (tertiary alicyclic amines) is 1. The average molecular weight is 459 g/mol. The maximum Gasteiger partial charge on any atom is 0.295 e. The number of benzene rings is 1. The van der Waals surface area contributed by atoms with Crippen molar-refractivity contribution in [1.82, 2.24) is 20.0 Å². The van der Waals surface area contributed by atoms with Crippen LogP contribution in [-0.2, 0) is 14.3 Å². The third-order valence-electron chi connectivity index (χ3n) is 6.05. The van der Waals surface area contributed by atoms with E-state index in [4.69, 9.17) is 16.3 Å². The van der Waals surface area contributed by atoms with E-state index in [0.29, 0.717) is 53.7 Å². The molecule has 1 aromatic carbocycles. The van der Waals surface area contributed by atoms with E-state index in [2.05, 4.69) is 15.1 Å². The lowest BCUT2D eigenvalue weighted by molar-refractivity contribution is -0.140. The first-order valence-electron chi connectivity index (χ1n) is 10.7. The topological polar surface area (TPSA) is 98.8 Å². The van der Waals surface area contributed by atoms with E-state index in [0.717, 1.165) is 19.6 Å². The van der Waals surface area contributed by atoms with Crippen LogP contribution in [-0.4, -0.2) is 76.2 Å². The van der Waals surface area contributed by atoms with Crippen LogP contribution in [0, 0.1) is 13.8 Å². The number of aromatic nitrogens is 2. The van der Waals surface area contributed by atoms with Gasteiger partial charge in [0.05, 0.1) is 36.1 Å². The first-order chi connectivity index (χ1) is 15.4. The summed E-state index contributed by atoms with van der Waals surface area (Å²) in [5, 5.41) is 18.6. The molecule has 3 heterocycles. The molecular weight excluding hydrogens is 432 g/mol. The largest absolute Gasteiger partial charge is 0.507 e. The van der Waals surface area contributed by atoms with Crippen LogP contribution in [0.4, 0.5) is 0 Å². The van der Waals surface area contributed by atoms with Crippen molar-refractivity contribution in [2.45, 2.75) is 26.3 Å².